The van der Waals surface area contributed by atoms with Gasteiger partial charge >= 0.3 is 0 Å². The predicted octanol–water partition coefficient (Wildman–Crippen LogP) is 3.91. The molecule has 1 saturated carbocycles. The number of hydrogen-bond donors (Lipinski definition) is 0. The lowest BCUT2D eigenvalue weighted by Crippen LogP contribution is -2.40. The molecule has 2 aliphatic rings. The monoisotopic (exact) mass is 314 g/mol. The maximum absolute atomic E-state index is 4.44. The Hall–Kier alpha value is -1.33. The molecule has 4 rings (SSSR count). The van der Waals surface area contributed by atoms with Gasteiger partial charge in [-0.3, -0.25) is 9.47 Å². The quantitative estimate of drug-likeness (QED) is 0.841. The Morgan fingerprint density at radius 3 is 2.59 bits per heavy atom. The standard InChI is InChI=1S/C17H22N4S/c1-13-7-9-14(10-8-13)16-18-19-17-21(16)11-20(12-22-17)15-5-3-2-4-6-15/h7-10,15H,2-6,11-12H2,1H3. The SMILES string of the molecule is Cc1ccc(-c2nnc3n2CN(C2CCCCC2)CS3)cc1. The molecule has 5 heteroatoms. The third kappa shape index (κ3) is 2.68. The molecule has 0 saturated heterocycles. The molecule has 1 aliphatic heterocycles. The molecule has 2 aromatic rings. The maximum Gasteiger partial charge on any atom is 0.193 e. The first kappa shape index (κ1) is 14.3. The topological polar surface area (TPSA) is 34.0 Å². The summed E-state index contributed by atoms with van der Waals surface area (Å²) in [7, 11) is 0. The second-order valence-corrected chi connectivity index (χ2v) is 7.31. The maximum atomic E-state index is 4.44. The zero-order valence-corrected chi connectivity index (χ0v) is 13.9. The van der Waals surface area contributed by atoms with Crippen LogP contribution in [-0.2, 0) is 6.67 Å². The number of fused-ring (bicyclic) bond motifs is 1. The van der Waals surface area contributed by atoms with Gasteiger partial charge < -0.3 is 0 Å². The Morgan fingerprint density at radius 2 is 1.82 bits per heavy atom. The number of benzene rings is 1. The average Bonchev–Trinajstić information content (AvgIpc) is 2.99. The van der Waals surface area contributed by atoms with Crippen LogP contribution in [0.1, 0.15) is 37.7 Å². The number of rotatable bonds is 2. The molecule has 0 radical (unpaired) electrons. The van der Waals surface area contributed by atoms with Crippen molar-refractivity contribution in [2.75, 3.05) is 5.88 Å². The normalized spacial score (nSPS) is 20.0. The fraction of sp³-hybridized carbons (Fsp3) is 0.529. The highest BCUT2D eigenvalue weighted by atomic mass is 32.2. The Bertz CT molecular complexity index is 643. The van der Waals surface area contributed by atoms with Gasteiger partial charge in [0.2, 0.25) is 0 Å². The van der Waals surface area contributed by atoms with Crippen molar-refractivity contribution in [3.8, 4) is 11.4 Å². The van der Waals surface area contributed by atoms with Crippen LogP contribution in [0.2, 0.25) is 0 Å². The molecular formula is C17H22N4S. The van der Waals surface area contributed by atoms with E-state index in [1.807, 2.05) is 11.8 Å². The number of aryl methyl sites for hydroxylation is 1. The first-order valence-corrected chi connectivity index (χ1v) is 9.17. The number of aromatic nitrogens is 3. The summed E-state index contributed by atoms with van der Waals surface area (Å²) in [5.74, 6) is 2.06. The minimum Gasteiger partial charge on any atom is -0.288 e. The van der Waals surface area contributed by atoms with Crippen molar-refractivity contribution >= 4 is 11.8 Å². The molecule has 1 aromatic heterocycles. The second-order valence-electron chi connectivity index (χ2n) is 6.40. The van der Waals surface area contributed by atoms with Gasteiger partial charge in [-0.15, -0.1) is 10.2 Å². The van der Waals surface area contributed by atoms with E-state index in [1.54, 1.807) is 0 Å². The van der Waals surface area contributed by atoms with E-state index < -0.39 is 0 Å². The Labute approximate surface area is 135 Å². The highest BCUT2D eigenvalue weighted by Crippen LogP contribution is 2.33. The van der Waals surface area contributed by atoms with Gasteiger partial charge in [0, 0.05) is 11.6 Å². The molecule has 1 aromatic carbocycles. The molecule has 2 heterocycles. The Balaban J connectivity index is 1.60. The molecule has 0 spiro atoms. The van der Waals surface area contributed by atoms with Gasteiger partial charge in [-0.2, -0.15) is 0 Å². The molecule has 0 amide bonds. The molecule has 1 fully saturated rings. The predicted molar refractivity (Wildman–Crippen MR) is 89.6 cm³/mol. The summed E-state index contributed by atoms with van der Waals surface area (Å²) in [4.78, 5) is 2.61. The molecule has 4 nitrogen and oxygen atoms in total. The lowest BCUT2D eigenvalue weighted by molar-refractivity contribution is 0.135. The van der Waals surface area contributed by atoms with E-state index >= 15 is 0 Å². The minimum atomic E-state index is 0.739. The van der Waals surface area contributed by atoms with Crippen molar-refractivity contribution in [2.24, 2.45) is 0 Å². The number of thioether (sulfide) groups is 1. The largest absolute Gasteiger partial charge is 0.288 e. The van der Waals surface area contributed by atoms with E-state index in [1.165, 1.54) is 37.7 Å². The van der Waals surface area contributed by atoms with E-state index in [2.05, 4.69) is 50.9 Å². The molecule has 116 valence electrons. The van der Waals surface area contributed by atoms with Gasteiger partial charge in [-0.1, -0.05) is 60.9 Å². The first-order chi connectivity index (χ1) is 10.8. The van der Waals surface area contributed by atoms with Gasteiger partial charge in [0.25, 0.3) is 0 Å². The van der Waals surface area contributed by atoms with E-state index in [-0.39, 0.29) is 0 Å². The molecule has 1 aliphatic carbocycles. The summed E-state index contributed by atoms with van der Waals surface area (Å²) < 4.78 is 2.29. The Morgan fingerprint density at radius 1 is 1.05 bits per heavy atom. The fourth-order valence-electron chi connectivity index (χ4n) is 3.47. The van der Waals surface area contributed by atoms with Crippen molar-refractivity contribution in [3.63, 3.8) is 0 Å². The molecule has 0 unspecified atom stereocenters. The van der Waals surface area contributed by atoms with E-state index in [9.17, 15) is 0 Å². The third-order valence-corrected chi connectivity index (χ3v) is 5.82. The minimum absolute atomic E-state index is 0.739. The number of nitrogens with zero attached hydrogens (tertiary/aromatic N) is 4. The Kier molecular flexibility index (Phi) is 3.92. The lowest BCUT2D eigenvalue weighted by Gasteiger charge is -2.36. The average molecular weight is 314 g/mol. The summed E-state index contributed by atoms with van der Waals surface area (Å²) in [6.07, 6.45) is 6.86. The van der Waals surface area contributed by atoms with Crippen LogP contribution in [0.25, 0.3) is 11.4 Å². The van der Waals surface area contributed by atoms with Crippen molar-refractivity contribution in [3.05, 3.63) is 29.8 Å². The van der Waals surface area contributed by atoms with Gasteiger partial charge in [-0.05, 0) is 19.8 Å². The first-order valence-electron chi connectivity index (χ1n) is 8.18. The van der Waals surface area contributed by atoms with E-state index in [4.69, 9.17) is 0 Å². The molecule has 0 bridgehead atoms. The van der Waals surface area contributed by atoms with Crippen LogP contribution >= 0.6 is 11.8 Å². The molecule has 0 atom stereocenters. The van der Waals surface area contributed by atoms with Gasteiger partial charge in [0.1, 0.15) is 0 Å². The van der Waals surface area contributed by atoms with Crippen LogP contribution in [0, 0.1) is 6.92 Å². The van der Waals surface area contributed by atoms with Crippen LogP contribution in [0.15, 0.2) is 29.4 Å². The van der Waals surface area contributed by atoms with Crippen LogP contribution in [0.5, 0.6) is 0 Å². The van der Waals surface area contributed by atoms with Gasteiger partial charge in [0.05, 0.1) is 12.5 Å². The second kappa shape index (κ2) is 6.05. The highest BCUT2D eigenvalue weighted by molar-refractivity contribution is 7.99. The number of hydrogen-bond acceptors (Lipinski definition) is 4. The van der Waals surface area contributed by atoms with Crippen LogP contribution in [0.3, 0.4) is 0 Å². The summed E-state index contributed by atoms with van der Waals surface area (Å²) in [5.41, 5.74) is 2.44. The van der Waals surface area contributed by atoms with Crippen LogP contribution in [-0.4, -0.2) is 31.6 Å². The molecule has 22 heavy (non-hydrogen) atoms. The summed E-state index contributed by atoms with van der Waals surface area (Å²) >= 11 is 1.82. The van der Waals surface area contributed by atoms with Crippen molar-refractivity contribution in [2.45, 2.75) is 56.9 Å². The van der Waals surface area contributed by atoms with Crippen LogP contribution in [0.4, 0.5) is 0 Å². The van der Waals surface area contributed by atoms with Gasteiger partial charge in [0.15, 0.2) is 11.0 Å². The van der Waals surface area contributed by atoms with Crippen molar-refractivity contribution < 1.29 is 0 Å². The van der Waals surface area contributed by atoms with E-state index in [0.29, 0.717) is 0 Å². The van der Waals surface area contributed by atoms with Crippen molar-refractivity contribution in [1.29, 1.82) is 0 Å². The molecule has 0 N–H and O–H groups in total. The fourth-order valence-corrected chi connectivity index (χ4v) is 4.44. The zero-order valence-electron chi connectivity index (χ0n) is 13.0. The van der Waals surface area contributed by atoms with E-state index in [0.717, 1.165) is 35.1 Å². The van der Waals surface area contributed by atoms with Crippen LogP contribution < -0.4 is 0 Å². The zero-order chi connectivity index (χ0) is 14.9. The lowest BCUT2D eigenvalue weighted by atomic mass is 9.95. The summed E-state index contributed by atoms with van der Waals surface area (Å²) in [6, 6.07) is 9.33. The smallest absolute Gasteiger partial charge is 0.193 e. The molecular weight excluding hydrogens is 292 g/mol. The summed E-state index contributed by atoms with van der Waals surface area (Å²) in [5, 5.41) is 9.89. The van der Waals surface area contributed by atoms with Crippen molar-refractivity contribution in [1.82, 2.24) is 19.7 Å². The summed E-state index contributed by atoms with van der Waals surface area (Å²) in [6.45, 7) is 3.05. The highest BCUT2D eigenvalue weighted by Gasteiger charge is 2.28. The third-order valence-electron chi connectivity index (χ3n) is 4.80. The van der Waals surface area contributed by atoms with Gasteiger partial charge in [-0.25, -0.2) is 0 Å².